The topological polar surface area (TPSA) is 106 Å². The maximum atomic E-state index is 12.5. The molecule has 0 saturated carbocycles. The average molecular weight is 416 g/mol. The van der Waals surface area contributed by atoms with E-state index in [9.17, 15) is 8.42 Å². The minimum absolute atomic E-state index is 0.0953. The number of ether oxygens (including phenoxy) is 4. The number of hydrogen-bond donors (Lipinski definition) is 1. The van der Waals surface area contributed by atoms with E-state index in [2.05, 4.69) is 0 Å². The molecule has 8 nitrogen and oxygen atoms in total. The number of benzene rings is 1. The Hall–Kier alpha value is -1.07. The van der Waals surface area contributed by atoms with Gasteiger partial charge in [-0.1, -0.05) is 17.7 Å². The van der Waals surface area contributed by atoms with Gasteiger partial charge in [-0.3, -0.25) is 4.18 Å². The van der Waals surface area contributed by atoms with Crippen molar-refractivity contribution in [1.82, 2.24) is 0 Å². The molecule has 0 aromatic heterocycles. The summed E-state index contributed by atoms with van der Waals surface area (Å²) in [7, 11) is -2.34. The van der Waals surface area contributed by atoms with Crippen molar-refractivity contribution in [3.05, 3.63) is 29.8 Å². The van der Waals surface area contributed by atoms with E-state index >= 15 is 0 Å². The van der Waals surface area contributed by atoms with Crippen LogP contribution in [0.15, 0.2) is 29.2 Å². The van der Waals surface area contributed by atoms with Gasteiger partial charge in [0.1, 0.15) is 18.3 Å². The maximum absolute atomic E-state index is 12.5. The van der Waals surface area contributed by atoms with Gasteiger partial charge in [-0.15, -0.1) is 0 Å². The fourth-order valence-electron chi connectivity index (χ4n) is 3.53. The average Bonchev–Trinajstić information content (AvgIpc) is 2.95. The summed E-state index contributed by atoms with van der Waals surface area (Å²) in [6, 6.07) is 6.20. The first-order chi connectivity index (χ1) is 13.1. The minimum atomic E-state index is -3.92. The molecular formula is C19H29NO7S. The summed E-state index contributed by atoms with van der Waals surface area (Å²) in [4.78, 5) is 0.0953. The highest BCUT2D eigenvalue weighted by atomic mass is 32.2. The van der Waals surface area contributed by atoms with Crippen LogP contribution in [-0.4, -0.2) is 58.6 Å². The lowest BCUT2D eigenvalue weighted by molar-refractivity contribution is -0.223. The largest absolute Gasteiger partial charge is 0.356 e. The van der Waals surface area contributed by atoms with Crippen LogP contribution in [0.2, 0.25) is 0 Å². The van der Waals surface area contributed by atoms with E-state index in [0.29, 0.717) is 12.8 Å². The monoisotopic (exact) mass is 415 g/mol. The van der Waals surface area contributed by atoms with Crippen LogP contribution in [0, 0.1) is 6.92 Å². The fourth-order valence-corrected chi connectivity index (χ4v) is 4.45. The normalized spacial score (nSPS) is 33.1. The van der Waals surface area contributed by atoms with E-state index in [0.717, 1.165) is 5.56 Å². The third kappa shape index (κ3) is 4.91. The molecule has 1 aromatic rings. The first-order valence-corrected chi connectivity index (χ1v) is 10.8. The second-order valence-electron chi connectivity index (χ2n) is 7.70. The maximum Gasteiger partial charge on any atom is 0.297 e. The molecule has 5 atom stereocenters. The second kappa shape index (κ2) is 8.35. The van der Waals surface area contributed by atoms with Crippen LogP contribution >= 0.6 is 0 Å². The van der Waals surface area contributed by atoms with Gasteiger partial charge in [0.15, 0.2) is 12.1 Å². The Morgan fingerprint density at radius 3 is 2.46 bits per heavy atom. The molecule has 0 bridgehead atoms. The standard InChI is InChI=1S/C19H29NO7S/c1-12-5-7-13(8-6-12)28(21,22)24-11-15-18(27-19(2,3)26-15)17-14(20)9-10-16(23-4)25-17/h5-8,14-18H,9-11,20H2,1-4H3/t14-,15+,16-,17-,18-/m1/s1. The molecule has 2 saturated heterocycles. The summed E-state index contributed by atoms with van der Waals surface area (Å²) in [5, 5.41) is 0. The molecule has 2 aliphatic heterocycles. The van der Waals surface area contributed by atoms with Gasteiger partial charge < -0.3 is 24.7 Å². The third-order valence-electron chi connectivity index (χ3n) is 4.97. The zero-order chi connectivity index (χ0) is 20.5. The molecule has 2 fully saturated rings. The van der Waals surface area contributed by atoms with Crippen molar-refractivity contribution in [3.8, 4) is 0 Å². The Bertz CT molecular complexity index is 765. The molecular weight excluding hydrogens is 386 g/mol. The molecule has 0 unspecified atom stereocenters. The van der Waals surface area contributed by atoms with Crippen LogP contribution in [-0.2, 0) is 33.2 Å². The molecule has 2 N–H and O–H groups in total. The van der Waals surface area contributed by atoms with Crippen LogP contribution < -0.4 is 5.73 Å². The summed E-state index contributed by atoms with van der Waals surface area (Å²) >= 11 is 0. The zero-order valence-corrected chi connectivity index (χ0v) is 17.5. The number of rotatable bonds is 6. The summed E-state index contributed by atoms with van der Waals surface area (Å²) in [5.74, 6) is -0.907. The van der Waals surface area contributed by atoms with Crippen LogP contribution in [0.4, 0.5) is 0 Å². The van der Waals surface area contributed by atoms with Crippen molar-refractivity contribution in [2.24, 2.45) is 5.73 Å². The van der Waals surface area contributed by atoms with Gasteiger partial charge in [0.25, 0.3) is 10.1 Å². The second-order valence-corrected chi connectivity index (χ2v) is 9.31. The molecule has 3 rings (SSSR count). The van der Waals surface area contributed by atoms with Crippen molar-refractivity contribution in [1.29, 1.82) is 0 Å². The van der Waals surface area contributed by atoms with Gasteiger partial charge in [-0.05, 0) is 45.7 Å². The summed E-state index contributed by atoms with van der Waals surface area (Å²) in [6.07, 6.45) is -0.698. The Labute approximate surface area is 166 Å². The lowest BCUT2D eigenvalue weighted by atomic mass is 9.95. The number of hydrogen-bond acceptors (Lipinski definition) is 8. The fraction of sp³-hybridized carbons (Fsp3) is 0.684. The summed E-state index contributed by atoms with van der Waals surface area (Å²) in [5.41, 5.74) is 7.20. The first-order valence-electron chi connectivity index (χ1n) is 9.37. The molecule has 1 aromatic carbocycles. The van der Waals surface area contributed by atoms with Crippen molar-refractivity contribution in [2.75, 3.05) is 13.7 Å². The highest BCUT2D eigenvalue weighted by molar-refractivity contribution is 7.86. The first kappa shape index (κ1) is 21.6. The smallest absolute Gasteiger partial charge is 0.297 e. The van der Waals surface area contributed by atoms with Gasteiger partial charge in [0.2, 0.25) is 0 Å². The van der Waals surface area contributed by atoms with Gasteiger partial charge in [0.05, 0.1) is 11.5 Å². The Morgan fingerprint density at radius 1 is 1.14 bits per heavy atom. The van der Waals surface area contributed by atoms with E-state index in [1.54, 1.807) is 33.1 Å². The van der Waals surface area contributed by atoms with E-state index in [4.69, 9.17) is 28.9 Å². The van der Waals surface area contributed by atoms with Crippen LogP contribution in [0.1, 0.15) is 32.3 Å². The highest BCUT2D eigenvalue weighted by Crippen LogP contribution is 2.35. The molecule has 158 valence electrons. The van der Waals surface area contributed by atoms with Crippen LogP contribution in [0.5, 0.6) is 0 Å². The number of aryl methyl sites for hydroxylation is 1. The number of methoxy groups -OCH3 is 1. The quantitative estimate of drug-likeness (QED) is 0.700. The Kier molecular flexibility index (Phi) is 6.45. The van der Waals surface area contributed by atoms with Crippen molar-refractivity contribution < 1.29 is 31.5 Å². The van der Waals surface area contributed by atoms with E-state index < -0.39 is 34.2 Å². The van der Waals surface area contributed by atoms with Gasteiger partial charge in [-0.25, -0.2) is 0 Å². The van der Waals surface area contributed by atoms with E-state index in [1.165, 1.54) is 12.1 Å². The molecule has 0 aliphatic carbocycles. The van der Waals surface area contributed by atoms with Gasteiger partial charge >= 0.3 is 0 Å². The lowest BCUT2D eigenvalue weighted by Crippen LogP contribution is -2.54. The van der Waals surface area contributed by atoms with E-state index in [-0.39, 0.29) is 23.8 Å². The van der Waals surface area contributed by atoms with Crippen molar-refractivity contribution in [3.63, 3.8) is 0 Å². The van der Waals surface area contributed by atoms with Crippen molar-refractivity contribution >= 4 is 10.1 Å². The molecule has 0 amide bonds. The van der Waals surface area contributed by atoms with Gasteiger partial charge in [0, 0.05) is 13.2 Å². The third-order valence-corrected chi connectivity index (χ3v) is 6.27. The molecule has 9 heteroatoms. The molecule has 0 spiro atoms. The summed E-state index contributed by atoms with van der Waals surface area (Å²) < 4.78 is 53.4. The summed E-state index contributed by atoms with van der Waals surface area (Å²) in [6.45, 7) is 5.20. The molecule has 0 radical (unpaired) electrons. The Balaban J connectivity index is 1.72. The molecule has 2 aliphatic rings. The predicted molar refractivity (Wildman–Crippen MR) is 101 cm³/mol. The van der Waals surface area contributed by atoms with E-state index in [1.807, 2.05) is 6.92 Å². The predicted octanol–water partition coefficient (Wildman–Crippen LogP) is 1.70. The zero-order valence-electron chi connectivity index (χ0n) is 16.7. The SMILES string of the molecule is CO[C@H]1CC[C@@H](N)[C@H]([C@@H]2OC(C)(C)O[C@H]2COS(=O)(=O)c2ccc(C)cc2)O1. The van der Waals surface area contributed by atoms with Crippen LogP contribution in [0.25, 0.3) is 0 Å². The molecule has 28 heavy (non-hydrogen) atoms. The minimum Gasteiger partial charge on any atom is -0.356 e. The number of nitrogens with two attached hydrogens (primary N) is 1. The highest BCUT2D eigenvalue weighted by Gasteiger charge is 2.49. The Morgan fingerprint density at radius 2 is 1.82 bits per heavy atom. The van der Waals surface area contributed by atoms with Crippen molar-refractivity contribution in [2.45, 2.75) is 74.9 Å². The lowest BCUT2D eigenvalue weighted by Gasteiger charge is -2.37. The van der Waals surface area contributed by atoms with Crippen LogP contribution in [0.3, 0.4) is 0 Å². The molecule has 2 heterocycles. The van der Waals surface area contributed by atoms with Gasteiger partial charge in [-0.2, -0.15) is 8.42 Å².